The van der Waals surface area contributed by atoms with E-state index in [9.17, 15) is 18.8 Å². The minimum absolute atomic E-state index is 0.227. The van der Waals surface area contributed by atoms with Crippen LogP contribution in [0.25, 0.3) is 17.0 Å². The Morgan fingerprint density at radius 2 is 1.81 bits per heavy atom. The first-order valence-corrected chi connectivity index (χ1v) is 14.5. The quantitative estimate of drug-likeness (QED) is 0.261. The van der Waals surface area contributed by atoms with Gasteiger partial charge in [0, 0.05) is 58.7 Å². The van der Waals surface area contributed by atoms with Crippen molar-refractivity contribution in [3.8, 4) is 0 Å². The maximum absolute atomic E-state index is 13.5. The maximum atomic E-state index is 13.5. The predicted molar refractivity (Wildman–Crippen MR) is 163 cm³/mol. The van der Waals surface area contributed by atoms with Crippen LogP contribution in [-0.4, -0.2) is 59.4 Å². The van der Waals surface area contributed by atoms with Gasteiger partial charge in [-0.3, -0.25) is 19.3 Å². The van der Waals surface area contributed by atoms with Crippen molar-refractivity contribution in [2.45, 2.75) is 6.54 Å². The third kappa shape index (κ3) is 5.92. The molecule has 3 heterocycles. The average Bonchev–Trinajstić information content (AvgIpc) is 3.47. The predicted octanol–water partition coefficient (Wildman–Crippen LogP) is 5.99. The highest BCUT2D eigenvalue weighted by Crippen LogP contribution is 2.34. The first-order valence-electron chi connectivity index (χ1n) is 13.4. The van der Waals surface area contributed by atoms with Crippen LogP contribution >= 0.6 is 23.4 Å². The number of amides is 3. The monoisotopic (exact) mass is 604 g/mol. The lowest BCUT2D eigenvalue weighted by atomic mass is 10.1. The Morgan fingerprint density at radius 1 is 1.05 bits per heavy atom. The Hall–Kier alpha value is -4.12. The van der Waals surface area contributed by atoms with Gasteiger partial charge >= 0.3 is 0 Å². The third-order valence-electron chi connectivity index (χ3n) is 7.16. The number of rotatable bonds is 7. The Bertz CT molecular complexity index is 1720. The Balaban J connectivity index is 1.16. The van der Waals surface area contributed by atoms with Crippen LogP contribution in [0.15, 0.2) is 77.8 Å². The van der Waals surface area contributed by atoms with Crippen molar-refractivity contribution >= 4 is 68.8 Å². The van der Waals surface area contributed by atoms with Crippen LogP contribution < -0.4 is 10.2 Å². The lowest BCUT2D eigenvalue weighted by molar-refractivity contribution is -0.127. The molecule has 3 aromatic carbocycles. The molecule has 2 aliphatic rings. The number of aromatic nitrogens is 1. The summed E-state index contributed by atoms with van der Waals surface area (Å²) in [5.41, 5.74) is 3.98. The fraction of sp³-hybridized carbons (Fsp3) is 0.194. The van der Waals surface area contributed by atoms with E-state index in [2.05, 4.69) is 10.2 Å². The summed E-state index contributed by atoms with van der Waals surface area (Å²) in [5.74, 6) is -1.40. The zero-order chi connectivity index (χ0) is 29.2. The molecule has 3 amide bonds. The molecule has 0 aliphatic carbocycles. The molecule has 42 heavy (non-hydrogen) atoms. The number of hydrogen-bond acceptors (Lipinski definition) is 6. The van der Waals surface area contributed by atoms with E-state index in [0.29, 0.717) is 30.5 Å². The number of nitrogens with one attached hydrogen (secondary N) is 1. The molecule has 214 valence electrons. The first-order chi connectivity index (χ1) is 20.4. The summed E-state index contributed by atoms with van der Waals surface area (Å²) in [5, 5.41) is 3.46. The van der Waals surface area contributed by atoms with Crippen molar-refractivity contribution in [3.05, 3.63) is 99.8 Å². The first kappa shape index (κ1) is 28.0. The van der Waals surface area contributed by atoms with Gasteiger partial charge in [0.05, 0.1) is 18.1 Å². The molecule has 2 fully saturated rings. The number of hydrogen-bond donors (Lipinski definition) is 1. The van der Waals surface area contributed by atoms with E-state index in [-0.39, 0.29) is 4.91 Å². The highest BCUT2D eigenvalue weighted by atomic mass is 35.5. The molecular formula is C31H26ClFN4O4S. The second-order valence-electron chi connectivity index (χ2n) is 9.93. The molecule has 4 aromatic rings. The molecule has 0 atom stereocenters. The fourth-order valence-corrected chi connectivity index (χ4v) is 6.11. The van der Waals surface area contributed by atoms with Gasteiger partial charge in [-0.25, -0.2) is 4.39 Å². The number of thioether (sulfide) groups is 1. The average molecular weight is 605 g/mol. The Kier molecular flexibility index (Phi) is 8.01. The van der Waals surface area contributed by atoms with Crippen molar-refractivity contribution in [2.75, 3.05) is 43.1 Å². The summed E-state index contributed by atoms with van der Waals surface area (Å²) >= 11 is 7.06. The molecular weight excluding hydrogens is 579 g/mol. The summed E-state index contributed by atoms with van der Waals surface area (Å²) in [7, 11) is 0. The number of anilines is 2. The SMILES string of the molecule is O=C(CN1C(=O)S/C(=C\c2cn(Cc3ccc(F)cc3Cl)c3ccccc23)C1=O)Nc1ccc(N2CCOCC2)cc1. The summed E-state index contributed by atoms with van der Waals surface area (Å²) in [4.78, 5) is 42.1. The number of carbonyl (C=O) groups excluding carboxylic acids is 3. The van der Waals surface area contributed by atoms with Crippen LogP contribution in [0.2, 0.25) is 5.02 Å². The second-order valence-corrected chi connectivity index (χ2v) is 11.3. The molecule has 6 rings (SSSR count). The molecule has 0 radical (unpaired) electrons. The van der Waals surface area contributed by atoms with Gasteiger partial charge in [0.15, 0.2) is 0 Å². The summed E-state index contributed by atoms with van der Waals surface area (Å²) in [6.45, 7) is 2.97. The molecule has 2 saturated heterocycles. The van der Waals surface area contributed by atoms with Gasteiger partial charge in [-0.05, 0) is 65.9 Å². The highest BCUT2D eigenvalue weighted by Gasteiger charge is 2.36. The zero-order valence-electron chi connectivity index (χ0n) is 22.4. The largest absolute Gasteiger partial charge is 0.378 e. The molecule has 0 bridgehead atoms. The Labute approximate surface area is 250 Å². The van der Waals surface area contributed by atoms with E-state index in [1.165, 1.54) is 12.1 Å². The summed E-state index contributed by atoms with van der Waals surface area (Å²) in [6, 6.07) is 19.4. The van der Waals surface area contributed by atoms with Gasteiger partial charge in [0.2, 0.25) is 5.91 Å². The zero-order valence-corrected chi connectivity index (χ0v) is 24.0. The van der Waals surface area contributed by atoms with Gasteiger partial charge in [-0.1, -0.05) is 35.9 Å². The molecule has 0 unspecified atom stereocenters. The summed E-state index contributed by atoms with van der Waals surface area (Å²) in [6.07, 6.45) is 3.53. The molecule has 8 nitrogen and oxygen atoms in total. The van der Waals surface area contributed by atoms with Crippen molar-refractivity contribution in [2.24, 2.45) is 0 Å². The minimum atomic E-state index is -0.527. The van der Waals surface area contributed by atoms with Crippen LogP contribution in [0.5, 0.6) is 0 Å². The number of carbonyl (C=O) groups is 3. The smallest absolute Gasteiger partial charge is 0.294 e. The van der Waals surface area contributed by atoms with E-state index in [1.54, 1.807) is 24.3 Å². The van der Waals surface area contributed by atoms with Crippen molar-refractivity contribution in [3.63, 3.8) is 0 Å². The van der Waals surface area contributed by atoms with Crippen LogP contribution in [-0.2, 0) is 20.9 Å². The number of halogens is 2. The van der Waals surface area contributed by atoms with Crippen molar-refractivity contribution in [1.29, 1.82) is 0 Å². The number of para-hydroxylation sites is 1. The van der Waals surface area contributed by atoms with E-state index < -0.39 is 29.4 Å². The lowest BCUT2D eigenvalue weighted by Gasteiger charge is -2.28. The molecule has 1 aromatic heterocycles. The summed E-state index contributed by atoms with van der Waals surface area (Å²) < 4.78 is 20.9. The lowest BCUT2D eigenvalue weighted by Crippen LogP contribution is -2.36. The highest BCUT2D eigenvalue weighted by molar-refractivity contribution is 8.18. The van der Waals surface area contributed by atoms with Gasteiger partial charge < -0.3 is 19.5 Å². The molecule has 1 N–H and O–H groups in total. The minimum Gasteiger partial charge on any atom is -0.378 e. The number of ether oxygens (including phenoxy) is 1. The van der Waals surface area contributed by atoms with Crippen LogP contribution in [0, 0.1) is 5.82 Å². The molecule has 11 heteroatoms. The number of morpholine rings is 1. The van der Waals surface area contributed by atoms with Crippen LogP contribution in [0.4, 0.5) is 20.6 Å². The van der Waals surface area contributed by atoms with Gasteiger partial charge in [-0.15, -0.1) is 0 Å². The van der Waals surface area contributed by atoms with E-state index >= 15 is 0 Å². The molecule has 2 aliphatic heterocycles. The number of imide groups is 1. The topological polar surface area (TPSA) is 83.9 Å². The van der Waals surface area contributed by atoms with Crippen LogP contribution in [0.1, 0.15) is 11.1 Å². The molecule has 0 spiro atoms. The van der Waals surface area contributed by atoms with Gasteiger partial charge in [0.25, 0.3) is 11.1 Å². The van der Waals surface area contributed by atoms with Gasteiger partial charge in [0.1, 0.15) is 12.4 Å². The number of benzene rings is 3. The van der Waals surface area contributed by atoms with Crippen molar-refractivity contribution in [1.82, 2.24) is 9.47 Å². The normalized spacial score (nSPS) is 16.6. The van der Waals surface area contributed by atoms with Crippen molar-refractivity contribution < 1.29 is 23.5 Å². The van der Waals surface area contributed by atoms with Gasteiger partial charge in [-0.2, -0.15) is 0 Å². The maximum Gasteiger partial charge on any atom is 0.294 e. The number of nitrogens with zero attached hydrogens (tertiary/aromatic N) is 3. The van der Waals surface area contributed by atoms with E-state index in [4.69, 9.17) is 16.3 Å². The van der Waals surface area contributed by atoms with E-state index in [1.807, 2.05) is 47.2 Å². The molecule has 0 saturated carbocycles. The van der Waals surface area contributed by atoms with Crippen LogP contribution in [0.3, 0.4) is 0 Å². The number of fused-ring (bicyclic) bond motifs is 1. The fourth-order valence-electron chi connectivity index (χ4n) is 5.05. The van der Waals surface area contributed by atoms with E-state index in [0.717, 1.165) is 57.5 Å². The third-order valence-corrected chi connectivity index (χ3v) is 8.42. The Morgan fingerprint density at radius 3 is 2.57 bits per heavy atom. The standard InChI is InChI=1S/C31H26ClFN4O4S/c32-26-16-22(33)6-5-20(26)17-36-18-21(25-3-1-2-4-27(25)36)15-28-30(39)37(31(40)42-28)19-29(38)34-23-7-9-24(10-8-23)35-11-13-41-14-12-35/h1-10,15-16,18H,11-14,17,19H2,(H,34,38)/b28-15-. The second kappa shape index (κ2) is 12.0.